The zero-order valence-electron chi connectivity index (χ0n) is 12.9. The molecule has 0 spiro atoms. The molecule has 0 fully saturated rings. The van der Waals surface area contributed by atoms with Gasteiger partial charge in [-0.2, -0.15) is 5.10 Å². The lowest BCUT2D eigenvalue weighted by Crippen LogP contribution is -2.30. The number of pyridine rings is 1. The summed E-state index contributed by atoms with van der Waals surface area (Å²) in [6.07, 6.45) is 0.270. The molecule has 1 unspecified atom stereocenters. The lowest BCUT2D eigenvalue weighted by molar-refractivity contribution is -0.123. The first-order chi connectivity index (χ1) is 12.0. The second-order valence-electron chi connectivity index (χ2n) is 5.14. The van der Waals surface area contributed by atoms with Gasteiger partial charge >= 0.3 is 5.97 Å². The Morgan fingerprint density at radius 2 is 2.04 bits per heavy atom. The first kappa shape index (κ1) is 17.2. The molecule has 2 heterocycles. The van der Waals surface area contributed by atoms with Gasteiger partial charge in [-0.1, -0.05) is 41.4 Å². The van der Waals surface area contributed by atoms with Crippen molar-refractivity contribution >= 4 is 51.8 Å². The number of rotatable bonds is 4. The first-order valence-electron chi connectivity index (χ1n) is 7.21. The number of ether oxygens (including phenoxy) is 1. The maximum absolute atomic E-state index is 12.3. The number of benzene rings is 1. The minimum Gasteiger partial charge on any atom is -0.448 e. The van der Waals surface area contributed by atoms with E-state index in [9.17, 15) is 9.59 Å². The Kier molecular flexibility index (Phi) is 4.87. The Hall–Kier alpha value is -2.64. The summed E-state index contributed by atoms with van der Waals surface area (Å²) in [5, 5.41) is 10.3. The molecule has 1 aromatic carbocycles. The number of hydrogen-bond acceptors (Lipinski definition) is 5. The summed E-state index contributed by atoms with van der Waals surface area (Å²) in [5.41, 5.74) is 0.807. The summed E-state index contributed by atoms with van der Waals surface area (Å²) >= 11 is 11.7. The first-order valence-corrected chi connectivity index (χ1v) is 7.97. The Balaban J connectivity index is 1.69. The molecule has 0 bridgehead atoms. The van der Waals surface area contributed by atoms with Crippen LogP contribution in [0.2, 0.25) is 10.0 Å². The molecule has 7 nitrogen and oxygen atoms in total. The molecule has 9 heteroatoms. The number of aromatic amines is 1. The van der Waals surface area contributed by atoms with Crippen LogP contribution in [0.4, 0.5) is 5.82 Å². The third kappa shape index (κ3) is 3.72. The molecule has 2 N–H and O–H groups in total. The molecule has 0 aliphatic rings. The molecule has 0 radical (unpaired) electrons. The largest absolute Gasteiger partial charge is 0.448 e. The van der Waals surface area contributed by atoms with Crippen LogP contribution in [0.15, 0.2) is 36.5 Å². The van der Waals surface area contributed by atoms with Gasteiger partial charge in [0, 0.05) is 11.6 Å². The summed E-state index contributed by atoms with van der Waals surface area (Å²) in [4.78, 5) is 28.3. The van der Waals surface area contributed by atoms with E-state index in [4.69, 9.17) is 27.9 Å². The van der Waals surface area contributed by atoms with Gasteiger partial charge in [0.15, 0.2) is 17.6 Å². The van der Waals surface area contributed by atoms with Crippen molar-refractivity contribution in [3.05, 3.63) is 52.3 Å². The lowest BCUT2D eigenvalue weighted by Gasteiger charge is -2.13. The maximum atomic E-state index is 12.3. The molecule has 1 amide bonds. The van der Waals surface area contributed by atoms with E-state index >= 15 is 0 Å². The van der Waals surface area contributed by atoms with Crippen molar-refractivity contribution in [1.29, 1.82) is 0 Å². The highest BCUT2D eigenvalue weighted by Gasteiger charge is 2.23. The van der Waals surface area contributed by atoms with Gasteiger partial charge in [0.1, 0.15) is 0 Å². The van der Waals surface area contributed by atoms with Gasteiger partial charge in [-0.3, -0.25) is 9.89 Å². The summed E-state index contributed by atoms with van der Waals surface area (Å²) in [6, 6.07) is 8.55. The molecular weight excluding hydrogens is 367 g/mol. The van der Waals surface area contributed by atoms with Crippen LogP contribution in [0.3, 0.4) is 0 Å². The van der Waals surface area contributed by atoms with Gasteiger partial charge in [0.2, 0.25) is 0 Å². The topological polar surface area (TPSA) is 97.0 Å². The Morgan fingerprint density at radius 3 is 2.80 bits per heavy atom. The molecule has 1 atom stereocenters. The molecule has 0 saturated heterocycles. The third-order valence-electron chi connectivity index (χ3n) is 3.37. The van der Waals surface area contributed by atoms with Crippen LogP contribution in [0.5, 0.6) is 0 Å². The highest BCUT2D eigenvalue weighted by Crippen LogP contribution is 2.23. The van der Waals surface area contributed by atoms with E-state index in [1.807, 2.05) is 6.07 Å². The van der Waals surface area contributed by atoms with Gasteiger partial charge in [-0.05, 0) is 19.1 Å². The number of halogens is 2. The van der Waals surface area contributed by atoms with E-state index < -0.39 is 18.0 Å². The van der Waals surface area contributed by atoms with E-state index in [1.165, 1.54) is 19.2 Å². The van der Waals surface area contributed by atoms with Crippen LogP contribution >= 0.6 is 23.2 Å². The maximum Gasteiger partial charge on any atom is 0.360 e. The van der Waals surface area contributed by atoms with Gasteiger partial charge in [-0.15, -0.1) is 0 Å². The second-order valence-corrected chi connectivity index (χ2v) is 5.98. The van der Waals surface area contributed by atoms with Crippen LogP contribution in [0.1, 0.15) is 17.4 Å². The van der Waals surface area contributed by atoms with Crippen LogP contribution in [-0.4, -0.2) is 33.2 Å². The number of H-pyrrole nitrogens is 1. The van der Waals surface area contributed by atoms with Gasteiger partial charge in [0.25, 0.3) is 5.91 Å². The number of aromatic nitrogens is 3. The average molecular weight is 379 g/mol. The monoisotopic (exact) mass is 378 g/mol. The van der Waals surface area contributed by atoms with Crippen LogP contribution in [0, 0.1) is 0 Å². The molecule has 128 valence electrons. The smallest absolute Gasteiger partial charge is 0.360 e. The van der Waals surface area contributed by atoms with E-state index in [0.717, 1.165) is 0 Å². The van der Waals surface area contributed by atoms with Crippen molar-refractivity contribution in [2.24, 2.45) is 0 Å². The van der Waals surface area contributed by atoms with E-state index in [1.54, 1.807) is 18.2 Å². The number of hydrogen-bond donors (Lipinski definition) is 2. The van der Waals surface area contributed by atoms with E-state index in [0.29, 0.717) is 15.9 Å². The van der Waals surface area contributed by atoms with Crippen LogP contribution in [0.25, 0.3) is 10.9 Å². The molecule has 3 rings (SSSR count). The number of anilines is 1. The second kappa shape index (κ2) is 7.08. The summed E-state index contributed by atoms with van der Waals surface area (Å²) in [7, 11) is 0. The molecular formula is C16H12Cl2N4O3. The van der Waals surface area contributed by atoms with E-state index in [2.05, 4.69) is 20.5 Å². The number of nitrogens with one attached hydrogen (secondary N) is 2. The van der Waals surface area contributed by atoms with Crippen molar-refractivity contribution in [3.63, 3.8) is 0 Å². The fraction of sp³-hybridized carbons (Fsp3) is 0.125. The summed E-state index contributed by atoms with van der Waals surface area (Å²) in [5.74, 6) is -1.16. The van der Waals surface area contributed by atoms with Crippen LogP contribution in [-0.2, 0) is 9.53 Å². The fourth-order valence-electron chi connectivity index (χ4n) is 2.11. The number of nitrogens with zero attached hydrogens (tertiary/aromatic N) is 2. The number of fused-ring (bicyclic) bond motifs is 1. The van der Waals surface area contributed by atoms with Gasteiger partial charge in [-0.25, -0.2) is 9.78 Å². The average Bonchev–Trinajstić information content (AvgIpc) is 3.01. The van der Waals surface area contributed by atoms with Crippen molar-refractivity contribution in [2.45, 2.75) is 13.0 Å². The van der Waals surface area contributed by atoms with Gasteiger partial charge < -0.3 is 10.1 Å². The van der Waals surface area contributed by atoms with Crippen molar-refractivity contribution in [3.8, 4) is 0 Å². The molecule has 0 aliphatic carbocycles. The SMILES string of the molecule is CC(OC(=O)c1n[nH]c2ccccc12)C(=O)Nc1ncc(Cl)cc1Cl. The van der Waals surface area contributed by atoms with Crippen molar-refractivity contribution in [2.75, 3.05) is 5.32 Å². The lowest BCUT2D eigenvalue weighted by atomic mass is 10.2. The normalized spacial score (nSPS) is 12.0. The Bertz CT molecular complexity index is 957. The van der Waals surface area contributed by atoms with Crippen molar-refractivity contribution < 1.29 is 14.3 Å². The highest BCUT2D eigenvalue weighted by molar-refractivity contribution is 6.36. The number of para-hydroxylation sites is 1. The quantitative estimate of drug-likeness (QED) is 0.677. The Morgan fingerprint density at radius 1 is 1.28 bits per heavy atom. The zero-order valence-corrected chi connectivity index (χ0v) is 14.4. The molecule has 0 saturated carbocycles. The summed E-state index contributed by atoms with van der Waals surface area (Å²) in [6.45, 7) is 1.44. The standard InChI is InChI=1S/C16H12Cl2N4O3/c1-8(15(23)20-14-11(18)6-9(17)7-19-14)25-16(24)13-10-4-2-3-5-12(10)21-22-13/h2-8H,1H3,(H,21,22)(H,19,20,23). The highest BCUT2D eigenvalue weighted by atomic mass is 35.5. The number of amides is 1. The zero-order chi connectivity index (χ0) is 18.0. The van der Waals surface area contributed by atoms with Crippen molar-refractivity contribution in [1.82, 2.24) is 15.2 Å². The minimum atomic E-state index is -1.07. The number of esters is 1. The predicted molar refractivity (Wildman–Crippen MR) is 93.9 cm³/mol. The molecule has 2 aromatic heterocycles. The number of carbonyl (C=O) groups is 2. The fourth-order valence-corrected chi connectivity index (χ4v) is 2.54. The van der Waals surface area contributed by atoms with E-state index in [-0.39, 0.29) is 16.5 Å². The molecule has 3 aromatic rings. The molecule has 25 heavy (non-hydrogen) atoms. The minimum absolute atomic E-state index is 0.109. The number of carbonyl (C=O) groups excluding carboxylic acids is 2. The predicted octanol–water partition coefficient (Wildman–Crippen LogP) is 3.45. The Labute approximate surface area is 152 Å². The van der Waals surface area contributed by atoms with Gasteiger partial charge in [0.05, 0.1) is 15.6 Å². The van der Waals surface area contributed by atoms with Crippen LogP contribution < -0.4 is 5.32 Å². The molecule has 0 aliphatic heterocycles. The summed E-state index contributed by atoms with van der Waals surface area (Å²) < 4.78 is 5.17. The third-order valence-corrected chi connectivity index (χ3v) is 3.86.